The van der Waals surface area contributed by atoms with Crippen LogP contribution in [0.25, 0.3) is 0 Å². The van der Waals surface area contributed by atoms with Crippen molar-refractivity contribution in [3.8, 4) is 0 Å². The highest BCUT2D eigenvalue weighted by atomic mass is 16.4. The maximum absolute atomic E-state index is 12.3. The van der Waals surface area contributed by atoms with Gasteiger partial charge in [-0.3, -0.25) is 4.79 Å². The molecule has 0 radical (unpaired) electrons. The molecule has 0 fully saturated rings. The van der Waals surface area contributed by atoms with Crippen molar-refractivity contribution >= 4 is 5.78 Å². The van der Waals surface area contributed by atoms with E-state index in [0.717, 1.165) is 0 Å². The van der Waals surface area contributed by atoms with Gasteiger partial charge in [0.25, 0.3) is 0 Å². The van der Waals surface area contributed by atoms with Gasteiger partial charge in [0.2, 0.25) is 0 Å². The summed E-state index contributed by atoms with van der Waals surface area (Å²) >= 11 is 0. The first kappa shape index (κ1) is 15.9. The summed E-state index contributed by atoms with van der Waals surface area (Å²) in [6.07, 6.45) is -7.25. The molecular weight excluding hydrogens is 284 g/mol. The highest BCUT2D eigenvalue weighted by Crippen LogP contribution is 2.32. The predicted molar refractivity (Wildman–Crippen MR) is 68.1 cm³/mol. The largest absolute Gasteiger partial charge is 0.510 e. The molecule has 118 valence electrons. The van der Waals surface area contributed by atoms with Gasteiger partial charge in [-0.25, -0.2) is 0 Å². The first-order valence-corrected chi connectivity index (χ1v) is 6.51. The van der Waals surface area contributed by atoms with Gasteiger partial charge in [0.15, 0.2) is 5.78 Å². The number of hydrogen-bond acceptors (Lipinski definition) is 8. The van der Waals surface area contributed by atoms with Gasteiger partial charge in [-0.2, -0.15) is 0 Å². The third kappa shape index (κ3) is 2.68. The van der Waals surface area contributed by atoms with Crippen LogP contribution in [0.2, 0.25) is 0 Å². The average molecular weight is 302 g/mol. The molecule has 0 saturated heterocycles. The van der Waals surface area contributed by atoms with Crippen LogP contribution < -0.4 is 0 Å². The number of hydrogen-bond donors (Lipinski definition) is 7. The average Bonchev–Trinajstić information content (AvgIpc) is 2.46. The summed E-state index contributed by atoms with van der Waals surface area (Å²) in [4.78, 5) is 12.3. The molecule has 6 atom stereocenters. The molecule has 0 heterocycles. The lowest BCUT2D eigenvalue weighted by Crippen LogP contribution is -2.47. The third-order valence-electron chi connectivity index (χ3n) is 3.97. The number of carbonyl (C=O) groups is 1. The van der Waals surface area contributed by atoms with Gasteiger partial charge in [0.05, 0.1) is 18.1 Å². The van der Waals surface area contributed by atoms with E-state index < -0.39 is 53.7 Å². The minimum absolute atomic E-state index is 0.0611. The zero-order valence-electron chi connectivity index (χ0n) is 11.0. The SMILES string of the molecule is O=C(C1=C(O)C(O)C(O)C(O)C1)C1CC=C(O)C(O)C1O. The molecule has 6 unspecified atom stereocenters. The second-order valence-corrected chi connectivity index (χ2v) is 5.34. The number of rotatable bonds is 2. The molecule has 2 aliphatic rings. The molecule has 0 spiro atoms. The molecule has 0 aromatic rings. The maximum Gasteiger partial charge on any atom is 0.168 e. The Kier molecular flexibility index (Phi) is 4.35. The van der Waals surface area contributed by atoms with Crippen molar-refractivity contribution < 1.29 is 40.5 Å². The topological polar surface area (TPSA) is 159 Å². The standard InChI is InChI=1S/C13H18O8/c14-6-2-1-4(9(17)11(6)19)8(16)5-3-7(15)12(20)13(21)10(5)18/h2,4,7,9,11-15,17-21H,1,3H2. The van der Waals surface area contributed by atoms with Gasteiger partial charge in [-0.15, -0.1) is 0 Å². The Bertz CT molecular complexity index is 496. The van der Waals surface area contributed by atoms with Crippen molar-refractivity contribution in [2.75, 3.05) is 0 Å². The third-order valence-corrected chi connectivity index (χ3v) is 3.97. The molecule has 21 heavy (non-hydrogen) atoms. The Balaban J connectivity index is 2.28. The van der Waals surface area contributed by atoms with Gasteiger partial charge in [0.1, 0.15) is 29.8 Å². The number of aliphatic hydroxyl groups excluding tert-OH is 7. The van der Waals surface area contributed by atoms with Crippen LogP contribution in [0.4, 0.5) is 0 Å². The lowest BCUT2D eigenvalue weighted by molar-refractivity contribution is -0.129. The number of aliphatic hydroxyl groups is 7. The Labute approximate surface area is 119 Å². The molecule has 0 bridgehead atoms. The highest BCUT2D eigenvalue weighted by molar-refractivity contribution is 5.98. The van der Waals surface area contributed by atoms with Crippen LogP contribution in [-0.2, 0) is 4.79 Å². The number of Topliss-reactive ketones (excluding diaryl/α,β-unsaturated/α-hetero) is 1. The summed E-state index contributed by atoms with van der Waals surface area (Å²) in [6, 6.07) is 0. The normalized spacial score (nSPS) is 40.9. The van der Waals surface area contributed by atoms with Crippen molar-refractivity contribution in [1.82, 2.24) is 0 Å². The number of carbonyl (C=O) groups excluding carboxylic acids is 1. The van der Waals surface area contributed by atoms with E-state index in [0.29, 0.717) is 0 Å². The molecule has 2 aliphatic carbocycles. The zero-order valence-corrected chi connectivity index (χ0v) is 11.0. The fraction of sp³-hybridized carbons (Fsp3) is 0.615. The van der Waals surface area contributed by atoms with Crippen LogP contribution in [0, 0.1) is 5.92 Å². The van der Waals surface area contributed by atoms with E-state index in [1.54, 1.807) is 0 Å². The molecule has 0 aromatic carbocycles. The Morgan fingerprint density at radius 2 is 1.62 bits per heavy atom. The summed E-state index contributed by atoms with van der Waals surface area (Å²) < 4.78 is 0. The zero-order chi connectivity index (χ0) is 15.9. The fourth-order valence-electron chi connectivity index (χ4n) is 2.60. The summed E-state index contributed by atoms with van der Waals surface area (Å²) in [6.45, 7) is 0. The van der Waals surface area contributed by atoms with Crippen LogP contribution in [0.1, 0.15) is 12.8 Å². The molecule has 2 rings (SSSR count). The first-order valence-electron chi connectivity index (χ1n) is 6.51. The highest BCUT2D eigenvalue weighted by Gasteiger charge is 2.43. The fourth-order valence-corrected chi connectivity index (χ4v) is 2.60. The van der Waals surface area contributed by atoms with Crippen molar-refractivity contribution in [2.24, 2.45) is 5.92 Å². The Hall–Kier alpha value is -1.45. The Morgan fingerprint density at radius 3 is 2.24 bits per heavy atom. The maximum atomic E-state index is 12.3. The van der Waals surface area contributed by atoms with Gasteiger partial charge in [0, 0.05) is 12.0 Å². The molecule has 7 N–H and O–H groups in total. The monoisotopic (exact) mass is 302 g/mol. The second-order valence-electron chi connectivity index (χ2n) is 5.34. The van der Waals surface area contributed by atoms with Gasteiger partial charge in [-0.05, 0) is 12.5 Å². The molecule has 0 amide bonds. The lowest BCUT2D eigenvalue weighted by Gasteiger charge is -2.33. The smallest absolute Gasteiger partial charge is 0.168 e. The number of ketones is 1. The molecule has 0 saturated carbocycles. The van der Waals surface area contributed by atoms with E-state index in [1.165, 1.54) is 6.08 Å². The van der Waals surface area contributed by atoms with E-state index >= 15 is 0 Å². The quantitative estimate of drug-likeness (QED) is 0.309. The van der Waals surface area contributed by atoms with Gasteiger partial charge in [-0.1, -0.05) is 0 Å². The molecule has 0 aromatic heterocycles. The molecular formula is C13H18O8. The summed E-state index contributed by atoms with van der Waals surface area (Å²) in [7, 11) is 0. The van der Waals surface area contributed by atoms with Gasteiger partial charge >= 0.3 is 0 Å². The predicted octanol–water partition coefficient (Wildman–Crippen LogP) is -1.96. The molecule has 0 aliphatic heterocycles. The van der Waals surface area contributed by atoms with Gasteiger partial charge < -0.3 is 35.7 Å². The molecule has 8 nitrogen and oxygen atoms in total. The van der Waals surface area contributed by atoms with Crippen molar-refractivity contribution in [3.63, 3.8) is 0 Å². The first-order chi connectivity index (χ1) is 9.75. The van der Waals surface area contributed by atoms with Crippen LogP contribution in [-0.4, -0.2) is 72.0 Å². The van der Waals surface area contributed by atoms with E-state index in [1.807, 2.05) is 0 Å². The van der Waals surface area contributed by atoms with Crippen LogP contribution in [0.15, 0.2) is 23.2 Å². The lowest BCUT2D eigenvalue weighted by atomic mass is 9.78. The summed E-state index contributed by atoms with van der Waals surface area (Å²) in [5.74, 6) is -3.07. The van der Waals surface area contributed by atoms with Crippen molar-refractivity contribution in [3.05, 3.63) is 23.2 Å². The summed E-state index contributed by atoms with van der Waals surface area (Å²) in [5.41, 5.74) is -0.300. The van der Waals surface area contributed by atoms with Crippen LogP contribution >= 0.6 is 0 Å². The second kappa shape index (κ2) is 5.74. The minimum atomic E-state index is -1.79. The van der Waals surface area contributed by atoms with Crippen LogP contribution in [0.5, 0.6) is 0 Å². The van der Waals surface area contributed by atoms with Crippen molar-refractivity contribution in [1.29, 1.82) is 0 Å². The number of allylic oxidation sites excluding steroid dienone is 1. The minimum Gasteiger partial charge on any atom is -0.510 e. The summed E-state index contributed by atoms with van der Waals surface area (Å²) in [5, 5.41) is 67.0. The van der Waals surface area contributed by atoms with E-state index in [4.69, 9.17) is 0 Å². The van der Waals surface area contributed by atoms with Crippen LogP contribution in [0.3, 0.4) is 0 Å². The van der Waals surface area contributed by atoms with E-state index in [2.05, 4.69) is 0 Å². The van der Waals surface area contributed by atoms with E-state index in [9.17, 15) is 40.5 Å². The Morgan fingerprint density at radius 1 is 1.00 bits per heavy atom. The molecule has 8 heteroatoms. The van der Waals surface area contributed by atoms with E-state index in [-0.39, 0.29) is 18.4 Å². The van der Waals surface area contributed by atoms with Crippen molar-refractivity contribution in [2.45, 2.75) is 43.4 Å².